The average molecular weight is 421 g/mol. The lowest BCUT2D eigenvalue weighted by atomic mass is 9.78. The fourth-order valence-corrected chi connectivity index (χ4v) is 6.14. The van der Waals surface area contributed by atoms with Crippen molar-refractivity contribution in [3.8, 4) is 0 Å². The van der Waals surface area contributed by atoms with Gasteiger partial charge in [-0.25, -0.2) is 4.57 Å². The van der Waals surface area contributed by atoms with E-state index in [1.165, 1.54) is 16.8 Å². The Morgan fingerprint density at radius 3 is 2.70 bits per heavy atom. The maximum Gasteiger partial charge on any atom is 0.354 e. The molecule has 1 spiro atoms. The minimum atomic E-state index is -0.384. The van der Waals surface area contributed by atoms with E-state index in [4.69, 9.17) is 14.6 Å². The molecular weight excluding hydrogens is 394 g/mol. The minimum Gasteiger partial charge on any atom is -0.496 e. The highest BCUT2D eigenvalue weighted by molar-refractivity contribution is 7.98. The highest BCUT2D eigenvalue weighted by atomic mass is 32.2. The SMILES string of the molecule is COC1=C(C)CC23C=CC=C[N+]2(OC)c2ncc(SCc4ccccc4)n2C3=C1C. The number of fused-ring (bicyclic) bond motifs is 3. The summed E-state index contributed by atoms with van der Waals surface area (Å²) in [4.78, 5) is 11.1. The van der Waals surface area contributed by atoms with Crippen LogP contribution in [0.25, 0.3) is 5.70 Å². The van der Waals surface area contributed by atoms with Gasteiger partial charge >= 0.3 is 5.95 Å². The Morgan fingerprint density at radius 1 is 1.17 bits per heavy atom. The molecule has 2 aliphatic heterocycles. The first kappa shape index (κ1) is 19.4. The minimum absolute atomic E-state index is 0.233. The molecule has 1 aliphatic carbocycles. The molecule has 2 unspecified atom stereocenters. The summed E-state index contributed by atoms with van der Waals surface area (Å²) in [6.45, 7) is 4.30. The van der Waals surface area contributed by atoms with Crippen molar-refractivity contribution in [1.82, 2.24) is 14.2 Å². The van der Waals surface area contributed by atoms with E-state index < -0.39 is 0 Å². The van der Waals surface area contributed by atoms with E-state index in [1.54, 1.807) is 26.0 Å². The molecule has 1 aromatic carbocycles. The van der Waals surface area contributed by atoms with Crippen LogP contribution < -0.4 is 4.65 Å². The second-order valence-corrected chi connectivity index (χ2v) is 8.93. The van der Waals surface area contributed by atoms with Gasteiger partial charge in [-0.15, -0.1) is 11.8 Å². The normalized spacial score (nSPS) is 26.7. The monoisotopic (exact) mass is 420 g/mol. The van der Waals surface area contributed by atoms with Gasteiger partial charge in [0.05, 0.1) is 20.4 Å². The number of hydrogen-bond donors (Lipinski definition) is 0. The van der Waals surface area contributed by atoms with Gasteiger partial charge in [-0.05, 0) is 37.1 Å². The lowest BCUT2D eigenvalue weighted by Crippen LogP contribution is -2.60. The summed E-state index contributed by atoms with van der Waals surface area (Å²) in [5.74, 6) is 2.73. The Hall–Kier alpha value is -2.54. The quantitative estimate of drug-likeness (QED) is 0.477. The molecule has 154 valence electrons. The number of thioether (sulfide) groups is 1. The molecule has 3 heterocycles. The number of imidazole rings is 1. The van der Waals surface area contributed by atoms with Crippen molar-refractivity contribution in [3.63, 3.8) is 0 Å². The molecule has 3 aliphatic rings. The predicted octanol–water partition coefficient (Wildman–Crippen LogP) is 5.44. The van der Waals surface area contributed by atoms with E-state index in [1.807, 2.05) is 12.3 Å². The van der Waals surface area contributed by atoms with Crippen LogP contribution in [0.2, 0.25) is 0 Å². The molecule has 5 rings (SSSR count). The van der Waals surface area contributed by atoms with Crippen LogP contribution in [0.1, 0.15) is 25.8 Å². The van der Waals surface area contributed by atoms with E-state index in [2.05, 4.69) is 67.1 Å². The smallest absolute Gasteiger partial charge is 0.354 e. The number of nitrogens with zero attached hydrogens (tertiary/aromatic N) is 3. The predicted molar refractivity (Wildman–Crippen MR) is 121 cm³/mol. The van der Waals surface area contributed by atoms with Gasteiger partial charge in [0.15, 0.2) is 0 Å². The van der Waals surface area contributed by atoms with Crippen molar-refractivity contribution >= 4 is 23.4 Å². The third-order valence-electron chi connectivity index (χ3n) is 6.35. The van der Waals surface area contributed by atoms with Crippen molar-refractivity contribution in [1.29, 1.82) is 0 Å². The first-order chi connectivity index (χ1) is 14.6. The highest BCUT2D eigenvalue weighted by Crippen LogP contribution is 2.58. The van der Waals surface area contributed by atoms with Crippen LogP contribution in [0, 0.1) is 0 Å². The summed E-state index contributed by atoms with van der Waals surface area (Å²) in [6, 6.07) is 10.5. The Balaban J connectivity index is 1.70. The second kappa shape index (κ2) is 7.01. The molecule has 0 radical (unpaired) electrons. The first-order valence-electron chi connectivity index (χ1n) is 10.1. The third-order valence-corrected chi connectivity index (χ3v) is 7.41. The summed E-state index contributed by atoms with van der Waals surface area (Å²) in [5.41, 5.74) is 4.46. The Bertz CT molecular complexity index is 1130. The number of ether oxygens (including phenoxy) is 1. The summed E-state index contributed by atoms with van der Waals surface area (Å²) < 4.78 is 8.34. The molecule has 0 saturated heterocycles. The Kier molecular flexibility index (Phi) is 4.54. The van der Waals surface area contributed by atoms with Gasteiger partial charge in [0.1, 0.15) is 22.7 Å². The first-order valence-corrected chi connectivity index (χ1v) is 11.1. The van der Waals surface area contributed by atoms with Crippen molar-refractivity contribution in [2.24, 2.45) is 0 Å². The van der Waals surface area contributed by atoms with Crippen molar-refractivity contribution in [2.75, 3.05) is 14.2 Å². The van der Waals surface area contributed by atoms with Crippen molar-refractivity contribution in [2.45, 2.75) is 36.6 Å². The molecule has 6 heteroatoms. The largest absolute Gasteiger partial charge is 0.496 e. The van der Waals surface area contributed by atoms with Gasteiger partial charge in [0.25, 0.3) is 0 Å². The number of methoxy groups -OCH3 is 1. The van der Waals surface area contributed by atoms with Gasteiger partial charge in [0, 0.05) is 17.7 Å². The maximum atomic E-state index is 6.24. The molecule has 2 atom stereocenters. The molecule has 0 saturated carbocycles. The van der Waals surface area contributed by atoms with E-state index in [9.17, 15) is 0 Å². The molecule has 0 bridgehead atoms. The summed E-state index contributed by atoms with van der Waals surface area (Å²) in [5, 5.41) is 1.11. The van der Waals surface area contributed by atoms with Gasteiger partial charge in [0.2, 0.25) is 5.54 Å². The Morgan fingerprint density at radius 2 is 1.97 bits per heavy atom. The van der Waals surface area contributed by atoms with Crippen LogP contribution in [0.3, 0.4) is 0 Å². The van der Waals surface area contributed by atoms with E-state index in [0.717, 1.165) is 34.5 Å². The van der Waals surface area contributed by atoms with Crippen LogP contribution in [-0.2, 0) is 15.3 Å². The van der Waals surface area contributed by atoms with Crippen LogP contribution in [0.5, 0.6) is 0 Å². The Labute approximate surface area is 181 Å². The number of aromatic nitrogens is 2. The highest BCUT2D eigenvalue weighted by Gasteiger charge is 2.67. The average Bonchev–Trinajstić information content (AvgIpc) is 3.27. The number of rotatable bonds is 5. The van der Waals surface area contributed by atoms with E-state index in [0.29, 0.717) is 0 Å². The molecule has 0 N–H and O–H groups in total. The number of hydrogen-bond acceptors (Lipinski definition) is 4. The number of allylic oxidation sites excluding steroid dienone is 3. The molecule has 30 heavy (non-hydrogen) atoms. The third kappa shape index (κ3) is 2.41. The molecule has 5 nitrogen and oxygen atoms in total. The number of hydroxylamine groups is 2. The zero-order valence-electron chi connectivity index (χ0n) is 17.8. The van der Waals surface area contributed by atoms with Crippen molar-refractivity contribution < 1.29 is 9.57 Å². The second-order valence-electron chi connectivity index (χ2n) is 7.94. The maximum absolute atomic E-state index is 6.24. The summed E-state index contributed by atoms with van der Waals surface area (Å²) in [7, 11) is 3.52. The van der Waals surface area contributed by atoms with Gasteiger partial charge in [-0.3, -0.25) is 0 Å². The zero-order chi connectivity index (χ0) is 20.9. The van der Waals surface area contributed by atoms with E-state index >= 15 is 0 Å². The molecular formula is C24H26N3O2S+. The zero-order valence-corrected chi connectivity index (χ0v) is 18.6. The van der Waals surface area contributed by atoms with Crippen LogP contribution in [0.15, 0.2) is 82.9 Å². The molecule has 2 aromatic rings. The van der Waals surface area contributed by atoms with Gasteiger partial charge in [-0.1, -0.05) is 41.1 Å². The lowest BCUT2D eigenvalue weighted by Gasteiger charge is -2.42. The summed E-state index contributed by atoms with van der Waals surface area (Å²) in [6.07, 6.45) is 11.3. The molecule has 0 fully saturated rings. The van der Waals surface area contributed by atoms with Gasteiger partial charge in [-0.2, -0.15) is 9.82 Å². The van der Waals surface area contributed by atoms with Crippen molar-refractivity contribution in [3.05, 3.63) is 83.4 Å². The standard InChI is InChI=1S/C24H26N3O2S/c1-17-14-24-12-8-9-13-27(24,29-4)23-25-15-20(30-16-19-10-6-5-7-11-19)26(23)22(24)18(2)21(17)28-3/h5-13,15H,14,16H2,1-4H3/q+1. The van der Waals surface area contributed by atoms with Crippen LogP contribution in [0.4, 0.5) is 5.95 Å². The number of quaternary nitrogens is 1. The van der Waals surface area contributed by atoms with Crippen LogP contribution >= 0.6 is 11.8 Å². The molecule has 0 amide bonds. The lowest BCUT2D eigenvalue weighted by molar-refractivity contribution is -0.118. The molecule has 1 aromatic heterocycles. The van der Waals surface area contributed by atoms with Crippen LogP contribution in [-0.4, -0.2) is 29.3 Å². The number of benzene rings is 1. The van der Waals surface area contributed by atoms with E-state index in [-0.39, 0.29) is 10.2 Å². The van der Waals surface area contributed by atoms with Gasteiger partial charge < -0.3 is 4.74 Å². The topological polar surface area (TPSA) is 36.3 Å². The fraction of sp³-hybridized carbons (Fsp3) is 0.292. The summed E-state index contributed by atoms with van der Waals surface area (Å²) >= 11 is 1.80. The fourth-order valence-electron chi connectivity index (χ4n) is 5.21.